The third-order valence-corrected chi connectivity index (χ3v) is 5.50. The fourth-order valence-electron chi connectivity index (χ4n) is 3.48. The van der Waals surface area contributed by atoms with Crippen LogP contribution in [0, 0.1) is 6.92 Å². The minimum atomic E-state index is -0.802. The summed E-state index contributed by atoms with van der Waals surface area (Å²) >= 11 is 5.70. The molecule has 0 saturated carbocycles. The molecular weight excluding hydrogens is 422 g/mol. The number of halogens is 1. The van der Waals surface area contributed by atoms with Gasteiger partial charge in [0, 0.05) is 25.4 Å². The summed E-state index contributed by atoms with van der Waals surface area (Å²) in [5.74, 6) is -0.0904. The smallest absolute Gasteiger partial charge is 0.315 e. The van der Waals surface area contributed by atoms with Gasteiger partial charge in [-0.15, -0.1) is 11.6 Å². The number of hydrogen-bond acceptors (Lipinski definition) is 5. The molecule has 1 aliphatic rings. The monoisotopic (exact) mass is 445 g/mol. The minimum absolute atomic E-state index is 0.108. The van der Waals surface area contributed by atoms with Crippen molar-refractivity contribution in [3.63, 3.8) is 0 Å². The van der Waals surface area contributed by atoms with Crippen LogP contribution in [0.25, 0.3) is 10.9 Å². The van der Waals surface area contributed by atoms with E-state index in [9.17, 15) is 19.2 Å². The Hall–Kier alpha value is -3.20. The molecule has 0 radical (unpaired) electrons. The van der Waals surface area contributed by atoms with E-state index in [-0.39, 0.29) is 36.9 Å². The summed E-state index contributed by atoms with van der Waals surface area (Å²) in [6.45, 7) is 3.96. The number of carbonyl (C=O) groups is 3. The molecule has 2 heterocycles. The van der Waals surface area contributed by atoms with Crippen molar-refractivity contribution in [2.45, 2.75) is 39.3 Å². The van der Waals surface area contributed by atoms with E-state index >= 15 is 0 Å². The molecule has 1 atom stereocenters. The standard InChI is InChI=1S/C21H24ClN5O4/c1-12(10-22)8-9-23-21(31)24-11-14-4-3-5-15-18(14)20(30)27(13(2)25-15)16-6-7-17(28)26-19(16)29/h3-5,8,16H,6-7,9-11H2,1-2H3,(H2,23,24,31)(H,26,28,29). The van der Waals surface area contributed by atoms with Crippen molar-refractivity contribution in [1.82, 2.24) is 25.5 Å². The van der Waals surface area contributed by atoms with Gasteiger partial charge < -0.3 is 10.6 Å². The van der Waals surface area contributed by atoms with E-state index in [4.69, 9.17) is 11.6 Å². The number of fused-ring (bicyclic) bond motifs is 1. The molecule has 1 saturated heterocycles. The molecule has 1 unspecified atom stereocenters. The first-order valence-electron chi connectivity index (χ1n) is 9.89. The number of rotatable bonds is 6. The number of nitrogens with one attached hydrogen (secondary N) is 3. The molecule has 3 rings (SSSR count). The normalized spacial score (nSPS) is 16.9. The zero-order valence-electron chi connectivity index (χ0n) is 17.3. The van der Waals surface area contributed by atoms with E-state index in [0.717, 1.165) is 5.57 Å². The maximum absolute atomic E-state index is 13.3. The number of piperidine rings is 1. The summed E-state index contributed by atoms with van der Waals surface area (Å²) < 4.78 is 1.33. The van der Waals surface area contributed by atoms with E-state index in [1.54, 1.807) is 25.1 Å². The van der Waals surface area contributed by atoms with Crippen LogP contribution in [0.3, 0.4) is 0 Å². The van der Waals surface area contributed by atoms with Gasteiger partial charge in [0.15, 0.2) is 0 Å². The Labute approximate surface area is 183 Å². The van der Waals surface area contributed by atoms with Crippen LogP contribution in [0.4, 0.5) is 4.79 Å². The van der Waals surface area contributed by atoms with Crippen LogP contribution in [0.1, 0.15) is 37.2 Å². The van der Waals surface area contributed by atoms with Gasteiger partial charge >= 0.3 is 6.03 Å². The van der Waals surface area contributed by atoms with Crippen LogP contribution in [0.2, 0.25) is 0 Å². The molecule has 164 valence electrons. The Morgan fingerprint density at radius 3 is 2.81 bits per heavy atom. The van der Waals surface area contributed by atoms with Crippen LogP contribution in [-0.2, 0) is 16.1 Å². The Balaban J connectivity index is 1.86. The summed E-state index contributed by atoms with van der Waals surface area (Å²) in [5, 5.41) is 8.02. The number of benzene rings is 1. The Morgan fingerprint density at radius 1 is 1.32 bits per heavy atom. The number of alkyl halides is 1. The molecule has 1 fully saturated rings. The van der Waals surface area contributed by atoms with Crippen molar-refractivity contribution in [2.75, 3.05) is 12.4 Å². The number of nitrogens with zero attached hydrogens (tertiary/aromatic N) is 2. The summed E-state index contributed by atoms with van der Waals surface area (Å²) in [7, 11) is 0. The average molecular weight is 446 g/mol. The van der Waals surface area contributed by atoms with Gasteiger partial charge in [-0.3, -0.25) is 24.3 Å². The van der Waals surface area contributed by atoms with Gasteiger partial charge in [-0.2, -0.15) is 0 Å². The van der Waals surface area contributed by atoms with E-state index in [1.807, 2.05) is 13.0 Å². The Morgan fingerprint density at radius 2 is 2.10 bits per heavy atom. The molecule has 2 aromatic rings. The predicted molar refractivity (Wildman–Crippen MR) is 117 cm³/mol. The Bertz CT molecular complexity index is 1120. The van der Waals surface area contributed by atoms with Crippen molar-refractivity contribution in [1.29, 1.82) is 0 Å². The van der Waals surface area contributed by atoms with E-state index < -0.39 is 11.9 Å². The van der Waals surface area contributed by atoms with Crippen LogP contribution < -0.4 is 21.5 Å². The van der Waals surface area contributed by atoms with Gasteiger partial charge in [0.25, 0.3) is 5.56 Å². The first-order valence-corrected chi connectivity index (χ1v) is 10.4. The van der Waals surface area contributed by atoms with Crippen molar-refractivity contribution in [2.24, 2.45) is 0 Å². The van der Waals surface area contributed by atoms with Crippen LogP contribution in [-0.4, -0.2) is 39.8 Å². The molecule has 0 bridgehead atoms. The second kappa shape index (κ2) is 9.74. The summed E-state index contributed by atoms with van der Waals surface area (Å²) in [4.78, 5) is 53.7. The lowest BCUT2D eigenvalue weighted by Crippen LogP contribution is -2.45. The lowest BCUT2D eigenvalue weighted by Gasteiger charge is -2.24. The zero-order chi connectivity index (χ0) is 22.5. The van der Waals surface area contributed by atoms with Crippen molar-refractivity contribution in [3.05, 3.63) is 51.6 Å². The number of imide groups is 1. The molecule has 1 aromatic heterocycles. The number of allylic oxidation sites excluding steroid dienone is 1. The largest absolute Gasteiger partial charge is 0.335 e. The third kappa shape index (κ3) is 5.11. The highest BCUT2D eigenvalue weighted by Gasteiger charge is 2.30. The molecule has 0 aliphatic carbocycles. The molecule has 1 aliphatic heterocycles. The SMILES string of the molecule is CC(=CCNC(=O)NCc1cccc2nc(C)n(C3CCC(=O)NC3=O)c(=O)c12)CCl. The quantitative estimate of drug-likeness (QED) is 0.354. The Kier molecular flexibility index (Phi) is 7.06. The summed E-state index contributed by atoms with van der Waals surface area (Å²) in [6, 6.07) is 4.01. The molecule has 0 spiro atoms. The predicted octanol–water partition coefficient (Wildman–Crippen LogP) is 1.67. The molecule has 31 heavy (non-hydrogen) atoms. The number of urea groups is 1. The van der Waals surface area contributed by atoms with Gasteiger partial charge in [-0.1, -0.05) is 23.8 Å². The number of aryl methyl sites for hydroxylation is 1. The van der Waals surface area contributed by atoms with Gasteiger partial charge in [0.05, 0.1) is 10.9 Å². The zero-order valence-corrected chi connectivity index (χ0v) is 18.1. The fraction of sp³-hybridized carbons (Fsp3) is 0.381. The summed E-state index contributed by atoms with van der Waals surface area (Å²) in [6.07, 6.45) is 2.20. The van der Waals surface area contributed by atoms with E-state index in [2.05, 4.69) is 20.9 Å². The van der Waals surface area contributed by atoms with Crippen LogP contribution in [0.15, 0.2) is 34.6 Å². The molecule has 10 heteroatoms. The molecular formula is C21H24ClN5O4. The second-order valence-electron chi connectivity index (χ2n) is 7.36. The van der Waals surface area contributed by atoms with Gasteiger partial charge in [-0.05, 0) is 31.9 Å². The van der Waals surface area contributed by atoms with Gasteiger partial charge in [0.2, 0.25) is 11.8 Å². The summed E-state index contributed by atoms with van der Waals surface area (Å²) in [5.41, 5.74) is 1.63. The first-order chi connectivity index (χ1) is 14.8. The highest BCUT2D eigenvalue weighted by atomic mass is 35.5. The number of amides is 4. The highest BCUT2D eigenvalue weighted by Crippen LogP contribution is 2.21. The lowest BCUT2D eigenvalue weighted by molar-refractivity contribution is -0.135. The van der Waals surface area contributed by atoms with Crippen LogP contribution in [0.5, 0.6) is 0 Å². The lowest BCUT2D eigenvalue weighted by atomic mass is 10.0. The topological polar surface area (TPSA) is 122 Å². The van der Waals surface area contributed by atoms with Crippen molar-refractivity contribution < 1.29 is 14.4 Å². The number of hydrogen-bond donors (Lipinski definition) is 3. The van der Waals surface area contributed by atoms with Gasteiger partial charge in [0.1, 0.15) is 11.9 Å². The molecule has 9 nitrogen and oxygen atoms in total. The van der Waals surface area contributed by atoms with Crippen LogP contribution >= 0.6 is 11.6 Å². The van der Waals surface area contributed by atoms with Gasteiger partial charge in [-0.25, -0.2) is 9.78 Å². The number of aromatic nitrogens is 2. The fourth-order valence-corrected chi connectivity index (χ4v) is 3.58. The highest BCUT2D eigenvalue weighted by molar-refractivity contribution is 6.19. The first kappa shape index (κ1) is 22.5. The van der Waals surface area contributed by atoms with Crippen molar-refractivity contribution in [3.8, 4) is 0 Å². The minimum Gasteiger partial charge on any atom is -0.335 e. The maximum Gasteiger partial charge on any atom is 0.315 e. The molecule has 4 amide bonds. The maximum atomic E-state index is 13.3. The van der Waals surface area contributed by atoms with Crippen molar-refractivity contribution >= 4 is 40.3 Å². The third-order valence-electron chi connectivity index (χ3n) is 5.08. The second-order valence-corrected chi connectivity index (χ2v) is 7.63. The number of carbonyl (C=O) groups excluding carboxylic acids is 3. The molecule has 1 aromatic carbocycles. The average Bonchev–Trinajstić information content (AvgIpc) is 2.73. The van der Waals surface area contributed by atoms with E-state index in [0.29, 0.717) is 34.7 Å². The van der Waals surface area contributed by atoms with E-state index in [1.165, 1.54) is 4.57 Å². The molecule has 3 N–H and O–H groups in total.